The summed E-state index contributed by atoms with van der Waals surface area (Å²) in [5, 5.41) is 15.4. The van der Waals surface area contributed by atoms with Gasteiger partial charge in [-0.25, -0.2) is 4.39 Å². The lowest BCUT2D eigenvalue weighted by Gasteiger charge is -1.99. The molecule has 0 bridgehead atoms. The molecule has 0 radical (unpaired) electrons. The number of hydrogen-bond acceptors (Lipinski definition) is 6. The number of rotatable bonds is 6. The van der Waals surface area contributed by atoms with Crippen LogP contribution in [0.2, 0.25) is 0 Å². The normalized spacial score (nSPS) is 13.4. The van der Waals surface area contributed by atoms with Crippen molar-refractivity contribution in [1.82, 2.24) is 10.2 Å². The van der Waals surface area contributed by atoms with E-state index in [9.17, 15) is 14.0 Å². The Morgan fingerprint density at radius 1 is 1.04 bits per heavy atom. The van der Waals surface area contributed by atoms with Gasteiger partial charge in [0.1, 0.15) is 10.8 Å². The molecule has 0 saturated heterocycles. The summed E-state index contributed by atoms with van der Waals surface area (Å²) < 4.78 is 13.0. The molecule has 9 heteroatoms. The van der Waals surface area contributed by atoms with Gasteiger partial charge >= 0.3 is 0 Å². The van der Waals surface area contributed by atoms with Crippen LogP contribution in [0.5, 0.6) is 0 Å². The predicted molar refractivity (Wildman–Crippen MR) is 103 cm³/mol. The topological polar surface area (TPSA) is 84.0 Å². The maximum atomic E-state index is 13.0. The van der Waals surface area contributed by atoms with E-state index in [0.29, 0.717) is 21.4 Å². The van der Waals surface area contributed by atoms with Crippen molar-refractivity contribution in [2.24, 2.45) is 5.92 Å². The molecule has 1 aliphatic carbocycles. The van der Waals surface area contributed by atoms with E-state index in [1.807, 2.05) is 0 Å². The van der Waals surface area contributed by atoms with Gasteiger partial charge in [-0.2, -0.15) is 0 Å². The van der Waals surface area contributed by atoms with Crippen molar-refractivity contribution in [3.8, 4) is 0 Å². The minimum absolute atomic E-state index is 0.0124. The van der Waals surface area contributed by atoms with E-state index in [2.05, 4.69) is 20.8 Å². The molecule has 2 aromatic heterocycles. The third-order valence-electron chi connectivity index (χ3n) is 3.98. The lowest BCUT2D eigenvalue weighted by Crippen LogP contribution is -2.12. The molecule has 1 aromatic carbocycles. The van der Waals surface area contributed by atoms with Crippen molar-refractivity contribution in [3.63, 3.8) is 0 Å². The van der Waals surface area contributed by atoms with Crippen LogP contribution in [0.15, 0.2) is 36.4 Å². The molecule has 1 aliphatic rings. The number of benzene rings is 1. The average Bonchev–Trinajstić information content (AvgIpc) is 3.26. The van der Waals surface area contributed by atoms with Gasteiger partial charge in [-0.1, -0.05) is 23.5 Å². The molecule has 0 aliphatic heterocycles. The molecule has 1 fully saturated rings. The fourth-order valence-electron chi connectivity index (χ4n) is 2.41. The Bertz CT molecular complexity index is 979. The maximum absolute atomic E-state index is 13.0. The van der Waals surface area contributed by atoms with Crippen LogP contribution in [-0.4, -0.2) is 22.0 Å². The molecule has 0 spiro atoms. The molecule has 2 N–H and O–H groups in total. The molecule has 2 heterocycles. The Labute approximate surface area is 162 Å². The molecule has 0 atom stereocenters. The van der Waals surface area contributed by atoms with E-state index in [1.165, 1.54) is 34.8 Å². The summed E-state index contributed by atoms with van der Waals surface area (Å²) in [7, 11) is 0. The van der Waals surface area contributed by atoms with E-state index in [4.69, 9.17) is 0 Å². The third kappa shape index (κ3) is 4.55. The molecule has 6 nitrogen and oxygen atoms in total. The first-order chi connectivity index (χ1) is 13.1. The summed E-state index contributed by atoms with van der Waals surface area (Å²) in [4.78, 5) is 24.6. The maximum Gasteiger partial charge on any atom is 0.267 e. The van der Waals surface area contributed by atoms with Crippen LogP contribution in [0.4, 0.5) is 14.5 Å². The highest BCUT2D eigenvalue weighted by Gasteiger charge is 2.29. The second-order valence-corrected chi connectivity index (χ2v) is 8.33. The van der Waals surface area contributed by atoms with Crippen molar-refractivity contribution in [2.75, 3.05) is 10.6 Å². The van der Waals surface area contributed by atoms with Gasteiger partial charge in [0.05, 0.1) is 9.88 Å². The third-order valence-corrected chi connectivity index (χ3v) is 5.82. The van der Waals surface area contributed by atoms with E-state index in [0.717, 1.165) is 23.4 Å². The zero-order valence-electron chi connectivity index (χ0n) is 14.1. The molecule has 138 valence electrons. The summed E-state index contributed by atoms with van der Waals surface area (Å²) in [6.07, 6.45) is 2.38. The Kier molecular flexibility index (Phi) is 4.95. The molecular formula is C18H15FN4O2S2. The fourth-order valence-corrected chi connectivity index (χ4v) is 3.98. The number of aromatic nitrogens is 2. The first kappa shape index (κ1) is 17.7. The summed E-state index contributed by atoms with van der Waals surface area (Å²) in [6, 6.07) is 9.57. The highest BCUT2D eigenvalue weighted by Crippen LogP contribution is 2.32. The zero-order chi connectivity index (χ0) is 18.8. The quantitative estimate of drug-likeness (QED) is 0.654. The first-order valence-electron chi connectivity index (χ1n) is 8.36. The molecular weight excluding hydrogens is 387 g/mol. The molecule has 4 rings (SSSR count). The SMILES string of the molecule is O=C(Nc1nnc(Cc2ccc(F)cc2)s1)c1ccc(NC(=O)C2CC2)s1. The highest BCUT2D eigenvalue weighted by atomic mass is 32.1. The average molecular weight is 402 g/mol. The van der Waals surface area contributed by atoms with Gasteiger partial charge in [-0.05, 0) is 42.7 Å². The number of carbonyl (C=O) groups is 2. The number of carbonyl (C=O) groups excluding carboxylic acids is 2. The number of anilines is 2. The van der Waals surface area contributed by atoms with E-state index in [1.54, 1.807) is 24.3 Å². The van der Waals surface area contributed by atoms with E-state index in [-0.39, 0.29) is 23.5 Å². The van der Waals surface area contributed by atoms with Gasteiger partial charge in [0.15, 0.2) is 0 Å². The number of hydrogen-bond donors (Lipinski definition) is 2. The van der Waals surface area contributed by atoms with Gasteiger partial charge < -0.3 is 5.32 Å². The van der Waals surface area contributed by atoms with E-state index < -0.39 is 0 Å². The molecule has 1 saturated carbocycles. The van der Waals surface area contributed by atoms with Crippen molar-refractivity contribution in [2.45, 2.75) is 19.3 Å². The Morgan fingerprint density at radius 3 is 2.56 bits per heavy atom. The monoisotopic (exact) mass is 402 g/mol. The minimum Gasteiger partial charge on any atom is -0.317 e. The highest BCUT2D eigenvalue weighted by molar-refractivity contribution is 7.18. The zero-order valence-corrected chi connectivity index (χ0v) is 15.7. The number of thiophene rings is 1. The van der Waals surface area contributed by atoms with Gasteiger partial charge in [0.2, 0.25) is 11.0 Å². The number of amides is 2. The molecule has 0 unspecified atom stereocenters. The lowest BCUT2D eigenvalue weighted by atomic mass is 10.2. The van der Waals surface area contributed by atoms with Crippen LogP contribution >= 0.6 is 22.7 Å². The number of nitrogens with zero attached hydrogens (tertiary/aromatic N) is 2. The molecule has 2 amide bonds. The largest absolute Gasteiger partial charge is 0.317 e. The van der Waals surface area contributed by atoms with E-state index >= 15 is 0 Å². The Morgan fingerprint density at radius 2 is 1.81 bits per heavy atom. The van der Waals surface area contributed by atoms with Crippen LogP contribution in [-0.2, 0) is 11.2 Å². The number of halogens is 1. The fraction of sp³-hybridized carbons (Fsp3) is 0.222. The smallest absolute Gasteiger partial charge is 0.267 e. The Balaban J connectivity index is 1.35. The van der Waals surface area contributed by atoms with Crippen molar-refractivity contribution in [1.29, 1.82) is 0 Å². The van der Waals surface area contributed by atoms with Crippen LogP contribution < -0.4 is 10.6 Å². The molecule has 3 aromatic rings. The summed E-state index contributed by atoms with van der Waals surface area (Å²) in [6.45, 7) is 0. The standard InChI is InChI=1S/C18H15FN4O2S2/c19-12-5-1-10(2-6-12)9-15-22-23-18(27-15)21-17(25)13-7-8-14(26-13)20-16(24)11-3-4-11/h1-2,5-8,11H,3-4,9H2,(H,20,24)(H,21,23,25). The number of nitrogens with one attached hydrogen (secondary N) is 2. The second-order valence-electron chi connectivity index (χ2n) is 6.19. The molecule has 27 heavy (non-hydrogen) atoms. The summed E-state index contributed by atoms with van der Waals surface area (Å²) in [5.41, 5.74) is 0.916. The van der Waals surface area contributed by atoms with Gasteiger partial charge in [-0.3, -0.25) is 14.9 Å². The van der Waals surface area contributed by atoms with Crippen LogP contribution in [0.3, 0.4) is 0 Å². The Hall–Kier alpha value is -2.65. The van der Waals surface area contributed by atoms with Crippen molar-refractivity contribution >= 4 is 44.6 Å². The van der Waals surface area contributed by atoms with Crippen LogP contribution in [0, 0.1) is 11.7 Å². The van der Waals surface area contributed by atoms with Gasteiger partial charge in [-0.15, -0.1) is 21.5 Å². The lowest BCUT2D eigenvalue weighted by molar-refractivity contribution is -0.117. The van der Waals surface area contributed by atoms with Crippen molar-refractivity contribution < 1.29 is 14.0 Å². The first-order valence-corrected chi connectivity index (χ1v) is 9.99. The van der Waals surface area contributed by atoms with Gasteiger partial charge in [0, 0.05) is 12.3 Å². The second kappa shape index (κ2) is 7.53. The summed E-state index contributed by atoms with van der Waals surface area (Å²) >= 11 is 2.49. The van der Waals surface area contributed by atoms with Crippen LogP contribution in [0.25, 0.3) is 0 Å². The van der Waals surface area contributed by atoms with Crippen LogP contribution in [0.1, 0.15) is 33.1 Å². The van der Waals surface area contributed by atoms with Gasteiger partial charge in [0.25, 0.3) is 5.91 Å². The predicted octanol–water partition coefficient (Wildman–Crippen LogP) is 3.93. The van der Waals surface area contributed by atoms with Crippen molar-refractivity contribution in [3.05, 3.63) is 57.7 Å². The summed E-state index contributed by atoms with van der Waals surface area (Å²) in [5.74, 6) is -0.451. The minimum atomic E-state index is -0.295.